The molecule has 41 heavy (non-hydrogen) atoms. The Labute approximate surface area is 241 Å². The first-order valence-electron chi connectivity index (χ1n) is 12.9. The molecule has 1 fully saturated rings. The molecule has 0 bridgehead atoms. The maximum absolute atomic E-state index is 13.1. The van der Waals surface area contributed by atoms with Crippen LogP contribution in [0.3, 0.4) is 0 Å². The Morgan fingerprint density at radius 1 is 0.951 bits per heavy atom. The fourth-order valence-corrected chi connectivity index (χ4v) is 6.70. The fraction of sp³-hybridized carbons (Fsp3) is 0.286. The second-order valence-electron chi connectivity index (χ2n) is 9.37. The second kappa shape index (κ2) is 12.3. The van der Waals surface area contributed by atoms with Gasteiger partial charge in [-0.05, 0) is 60.7 Å². The van der Waals surface area contributed by atoms with Crippen LogP contribution in [0.1, 0.15) is 10.4 Å². The molecule has 4 aromatic rings. The molecule has 10 nitrogen and oxygen atoms in total. The average molecular weight is 600 g/mol. The van der Waals surface area contributed by atoms with Crippen molar-refractivity contribution in [3.63, 3.8) is 0 Å². The van der Waals surface area contributed by atoms with Gasteiger partial charge in [0.05, 0.1) is 19.1 Å². The van der Waals surface area contributed by atoms with E-state index in [9.17, 15) is 17.6 Å². The van der Waals surface area contributed by atoms with Gasteiger partial charge in [0.2, 0.25) is 0 Å². The normalized spacial score (nSPS) is 14.2. The van der Waals surface area contributed by atoms with Crippen LogP contribution in [-0.2, 0) is 10.0 Å². The zero-order valence-corrected chi connectivity index (χ0v) is 24.2. The number of piperazine rings is 1. The van der Waals surface area contributed by atoms with E-state index in [0.717, 1.165) is 65.2 Å². The van der Waals surface area contributed by atoms with Gasteiger partial charge >= 0.3 is 0 Å². The van der Waals surface area contributed by atoms with E-state index in [1.54, 1.807) is 37.7 Å². The van der Waals surface area contributed by atoms with Crippen molar-refractivity contribution in [3.8, 4) is 11.5 Å². The van der Waals surface area contributed by atoms with Gasteiger partial charge in [0.15, 0.2) is 5.13 Å². The van der Waals surface area contributed by atoms with Crippen LogP contribution >= 0.6 is 11.3 Å². The monoisotopic (exact) mass is 599 g/mol. The molecule has 3 aromatic carbocycles. The highest BCUT2D eigenvalue weighted by Crippen LogP contribution is 2.40. The van der Waals surface area contributed by atoms with Gasteiger partial charge in [-0.2, -0.15) is 0 Å². The van der Waals surface area contributed by atoms with Crippen LogP contribution in [0.25, 0.3) is 10.2 Å². The van der Waals surface area contributed by atoms with E-state index in [2.05, 4.69) is 19.8 Å². The van der Waals surface area contributed by atoms with Crippen LogP contribution in [0.2, 0.25) is 0 Å². The molecular weight excluding hydrogens is 569 g/mol. The third kappa shape index (κ3) is 6.53. The summed E-state index contributed by atoms with van der Waals surface area (Å²) in [7, 11) is -0.584. The first kappa shape index (κ1) is 28.6. The quantitative estimate of drug-likeness (QED) is 0.283. The Bertz CT molecular complexity index is 1580. The molecule has 1 amide bonds. The molecule has 2 heterocycles. The second-order valence-corrected chi connectivity index (χ2v) is 12.0. The summed E-state index contributed by atoms with van der Waals surface area (Å²) in [5, 5.41) is 3.85. The van der Waals surface area contributed by atoms with Crippen LogP contribution in [0.4, 0.5) is 15.2 Å². The van der Waals surface area contributed by atoms with E-state index in [4.69, 9.17) is 14.5 Å². The van der Waals surface area contributed by atoms with E-state index in [1.807, 2.05) is 12.1 Å². The number of aromatic nitrogens is 1. The molecule has 1 saturated heterocycles. The van der Waals surface area contributed by atoms with Gasteiger partial charge in [0, 0.05) is 50.5 Å². The van der Waals surface area contributed by atoms with Crippen molar-refractivity contribution in [1.82, 2.24) is 15.2 Å². The smallest absolute Gasteiger partial charge is 0.261 e. The van der Waals surface area contributed by atoms with Crippen molar-refractivity contribution in [3.05, 3.63) is 72.0 Å². The predicted molar refractivity (Wildman–Crippen MR) is 157 cm³/mol. The molecule has 0 saturated carbocycles. The van der Waals surface area contributed by atoms with Gasteiger partial charge < -0.3 is 19.7 Å². The van der Waals surface area contributed by atoms with Gasteiger partial charge in [0.25, 0.3) is 15.9 Å². The summed E-state index contributed by atoms with van der Waals surface area (Å²) in [5.41, 5.74) is 1.52. The van der Waals surface area contributed by atoms with Crippen LogP contribution in [0, 0.1) is 5.82 Å². The van der Waals surface area contributed by atoms with Gasteiger partial charge in [0.1, 0.15) is 27.5 Å². The van der Waals surface area contributed by atoms with Crippen molar-refractivity contribution < 1.29 is 27.1 Å². The Hall–Kier alpha value is -3.94. The molecule has 0 aliphatic carbocycles. The zero-order chi connectivity index (χ0) is 29.0. The lowest BCUT2D eigenvalue weighted by Gasteiger charge is -2.34. The number of nitrogens with one attached hydrogen (secondary N) is 2. The van der Waals surface area contributed by atoms with E-state index in [0.29, 0.717) is 24.3 Å². The standard InChI is InChI=1S/C28H30FN5O5S2/c1-38-23-11-12-24(39-2)26-25(23)31-28(40-26)34-17-15-33(16-18-34)14-13-30-27(35)19-3-7-21(8-4-19)32-41(36,37)22-9-5-20(29)6-10-22/h3-12,32H,13-18H2,1-2H3,(H,30,35). The molecule has 216 valence electrons. The van der Waals surface area contributed by atoms with E-state index in [1.165, 1.54) is 24.3 Å². The minimum atomic E-state index is -3.87. The summed E-state index contributed by atoms with van der Waals surface area (Å²) in [6, 6.07) is 14.4. The molecule has 1 aliphatic heterocycles. The number of sulfonamides is 1. The van der Waals surface area contributed by atoms with Crippen LogP contribution in [0.5, 0.6) is 11.5 Å². The Balaban J connectivity index is 1.09. The number of hydrogen-bond donors (Lipinski definition) is 2. The maximum Gasteiger partial charge on any atom is 0.261 e. The third-order valence-corrected chi connectivity index (χ3v) is 9.31. The zero-order valence-electron chi connectivity index (χ0n) is 22.6. The number of nitrogens with zero attached hydrogens (tertiary/aromatic N) is 3. The Morgan fingerprint density at radius 2 is 1.61 bits per heavy atom. The van der Waals surface area contributed by atoms with Crippen LogP contribution in [-0.4, -0.2) is 77.7 Å². The topological polar surface area (TPSA) is 113 Å². The number of rotatable bonds is 10. The number of amides is 1. The average Bonchev–Trinajstić information content (AvgIpc) is 3.43. The van der Waals surface area contributed by atoms with Gasteiger partial charge in [-0.3, -0.25) is 14.4 Å². The fourth-order valence-electron chi connectivity index (χ4n) is 4.52. The van der Waals surface area contributed by atoms with Gasteiger partial charge in [-0.15, -0.1) is 0 Å². The lowest BCUT2D eigenvalue weighted by Crippen LogP contribution is -2.48. The SMILES string of the molecule is COc1ccc(OC)c2sc(N3CCN(CCNC(=O)c4ccc(NS(=O)(=O)c5ccc(F)cc5)cc4)CC3)nc12. The van der Waals surface area contributed by atoms with Crippen LogP contribution < -0.4 is 24.4 Å². The number of methoxy groups -OCH3 is 2. The molecule has 1 aromatic heterocycles. The summed E-state index contributed by atoms with van der Waals surface area (Å²) < 4.78 is 52.4. The van der Waals surface area contributed by atoms with Crippen LogP contribution in [0.15, 0.2) is 65.6 Å². The summed E-state index contributed by atoms with van der Waals surface area (Å²) in [4.78, 5) is 21.9. The lowest BCUT2D eigenvalue weighted by atomic mass is 10.2. The molecule has 0 spiro atoms. The lowest BCUT2D eigenvalue weighted by molar-refractivity contribution is 0.0948. The number of ether oxygens (including phenoxy) is 2. The number of halogens is 1. The number of hydrogen-bond acceptors (Lipinski definition) is 9. The number of anilines is 2. The van der Waals surface area contributed by atoms with Crippen molar-refractivity contribution in [2.24, 2.45) is 0 Å². The van der Waals surface area contributed by atoms with Gasteiger partial charge in [-0.25, -0.2) is 17.8 Å². The molecule has 2 N–H and O–H groups in total. The predicted octanol–water partition coefficient (Wildman–Crippen LogP) is 3.81. The Morgan fingerprint density at radius 3 is 2.27 bits per heavy atom. The summed E-state index contributed by atoms with van der Waals surface area (Å²) in [5.74, 6) is 0.737. The minimum Gasteiger partial charge on any atom is -0.495 e. The molecule has 13 heteroatoms. The van der Waals surface area contributed by atoms with Crippen molar-refractivity contribution in [2.75, 3.05) is 63.1 Å². The van der Waals surface area contributed by atoms with Crippen molar-refractivity contribution >= 4 is 48.3 Å². The molecule has 0 atom stereocenters. The highest BCUT2D eigenvalue weighted by molar-refractivity contribution is 7.92. The first-order valence-corrected chi connectivity index (χ1v) is 15.2. The number of carbonyl (C=O) groups is 1. The van der Waals surface area contributed by atoms with E-state index in [-0.39, 0.29) is 10.8 Å². The van der Waals surface area contributed by atoms with E-state index >= 15 is 0 Å². The summed E-state index contributed by atoms with van der Waals surface area (Å²) in [6.07, 6.45) is 0. The van der Waals surface area contributed by atoms with Crippen molar-refractivity contribution in [1.29, 1.82) is 0 Å². The number of benzene rings is 3. The highest BCUT2D eigenvalue weighted by Gasteiger charge is 2.22. The van der Waals surface area contributed by atoms with Crippen molar-refractivity contribution in [2.45, 2.75) is 4.90 Å². The number of thiazole rings is 1. The summed E-state index contributed by atoms with van der Waals surface area (Å²) in [6.45, 7) is 4.48. The molecule has 5 rings (SSSR count). The highest BCUT2D eigenvalue weighted by atomic mass is 32.2. The van der Waals surface area contributed by atoms with E-state index < -0.39 is 15.8 Å². The largest absolute Gasteiger partial charge is 0.495 e. The molecular formula is C28H30FN5O5S2. The number of fused-ring (bicyclic) bond motifs is 1. The molecule has 0 radical (unpaired) electrons. The third-order valence-electron chi connectivity index (χ3n) is 6.78. The summed E-state index contributed by atoms with van der Waals surface area (Å²) >= 11 is 1.59. The minimum absolute atomic E-state index is 0.0536. The molecule has 0 unspecified atom stereocenters. The maximum atomic E-state index is 13.1. The van der Waals surface area contributed by atoms with Gasteiger partial charge in [-0.1, -0.05) is 11.3 Å². The first-order chi connectivity index (χ1) is 19.8. The Kier molecular flexibility index (Phi) is 8.57. The number of carbonyl (C=O) groups excluding carboxylic acids is 1. The molecule has 1 aliphatic rings.